The Balaban J connectivity index is 2.29. The predicted molar refractivity (Wildman–Crippen MR) is 90.6 cm³/mol. The maximum absolute atomic E-state index is 13.0. The summed E-state index contributed by atoms with van der Waals surface area (Å²) in [6.07, 6.45) is 2.62. The van der Waals surface area contributed by atoms with Crippen molar-refractivity contribution >= 4 is 33.4 Å². The zero-order chi connectivity index (χ0) is 17.4. The van der Waals surface area contributed by atoms with E-state index < -0.39 is 11.9 Å². The van der Waals surface area contributed by atoms with Crippen molar-refractivity contribution in [2.75, 3.05) is 7.05 Å². The van der Waals surface area contributed by atoms with Gasteiger partial charge < -0.3 is 10.4 Å². The summed E-state index contributed by atoms with van der Waals surface area (Å²) in [7, 11) is 1.51. The Morgan fingerprint density at radius 2 is 2.21 bits per heavy atom. The first kappa shape index (κ1) is 16.6. The van der Waals surface area contributed by atoms with Gasteiger partial charge in [-0.05, 0) is 24.8 Å². The molecule has 0 fully saturated rings. The van der Waals surface area contributed by atoms with Crippen LogP contribution in [-0.4, -0.2) is 33.6 Å². The summed E-state index contributed by atoms with van der Waals surface area (Å²) in [5, 5.41) is 12.4. The van der Waals surface area contributed by atoms with E-state index in [0.29, 0.717) is 34.4 Å². The first-order chi connectivity index (χ1) is 11.5. The molecule has 1 aliphatic rings. The van der Waals surface area contributed by atoms with Gasteiger partial charge in [-0.2, -0.15) is 0 Å². The van der Waals surface area contributed by atoms with Crippen LogP contribution in [0, 0.1) is 0 Å². The first-order valence-corrected chi connectivity index (χ1v) is 8.77. The highest BCUT2D eigenvalue weighted by Crippen LogP contribution is 2.40. The molecular weight excluding hydrogens is 330 g/mol. The van der Waals surface area contributed by atoms with Crippen molar-refractivity contribution < 1.29 is 14.7 Å². The number of aliphatic carboxylic acids is 1. The van der Waals surface area contributed by atoms with Gasteiger partial charge in [-0.1, -0.05) is 6.92 Å². The molecule has 2 aromatic heterocycles. The summed E-state index contributed by atoms with van der Waals surface area (Å²) < 4.78 is 1.36. The number of aromatic nitrogens is 2. The number of fused-ring (bicyclic) bond motifs is 3. The number of amides is 1. The molecule has 0 aliphatic heterocycles. The van der Waals surface area contributed by atoms with Crippen molar-refractivity contribution in [3.8, 4) is 0 Å². The van der Waals surface area contributed by atoms with Crippen LogP contribution in [0.25, 0.3) is 10.2 Å². The number of nitrogens with one attached hydrogen (secondary N) is 1. The maximum Gasteiger partial charge on any atom is 0.311 e. The van der Waals surface area contributed by atoms with Crippen LogP contribution in [0.15, 0.2) is 4.79 Å². The molecule has 0 bridgehead atoms. The molecule has 2 N–H and O–H groups in total. The number of carboxylic acids is 1. The number of likely N-dealkylation sites (N-methyl/N-ethyl adjacent to an activating group) is 1. The lowest BCUT2D eigenvalue weighted by molar-refractivity contribution is -0.139. The largest absolute Gasteiger partial charge is 0.481 e. The average Bonchev–Trinajstić information content (AvgIpc) is 2.95. The fourth-order valence-electron chi connectivity index (χ4n) is 3.26. The van der Waals surface area contributed by atoms with Crippen LogP contribution in [0.3, 0.4) is 0 Å². The fourth-order valence-corrected chi connectivity index (χ4v) is 4.54. The molecule has 1 aliphatic carbocycles. The van der Waals surface area contributed by atoms with Crippen molar-refractivity contribution in [1.29, 1.82) is 0 Å². The molecule has 0 spiro atoms. The number of hydrogen-bond acceptors (Lipinski definition) is 5. The highest BCUT2D eigenvalue weighted by molar-refractivity contribution is 7.18. The molecule has 2 aromatic rings. The Kier molecular flexibility index (Phi) is 4.40. The topological polar surface area (TPSA) is 101 Å². The lowest BCUT2D eigenvalue weighted by Crippen LogP contribution is -2.33. The van der Waals surface area contributed by atoms with Crippen molar-refractivity contribution in [2.45, 2.75) is 45.1 Å². The van der Waals surface area contributed by atoms with Gasteiger partial charge in [-0.15, -0.1) is 11.3 Å². The predicted octanol–water partition coefficient (Wildman–Crippen LogP) is 1.27. The van der Waals surface area contributed by atoms with E-state index in [1.54, 1.807) is 0 Å². The minimum atomic E-state index is -0.910. The van der Waals surface area contributed by atoms with E-state index >= 15 is 0 Å². The van der Waals surface area contributed by atoms with Crippen molar-refractivity contribution in [2.24, 2.45) is 0 Å². The standard InChI is InChI=1S/C16H19N3O4S/c1-3-10-18-14-13(15(21)19(10)7-11(20)17-2)12-8(16(22)23)5-4-6-9(12)24-14/h8H,3-7H2,1-2H3,(H,17,20)(H,22,23). The monoisotopic (exact) mass is 349 g/mol. The van der Waals surface area contributed by atoms with Gasteiger partial charge in [0.05, 0.1) is 11.3 Å². The second-order valence-corrected chi connectivity index (χ2v) is 6.93. The van der Waals surface area contributed by atoms with Gasteiger partial charge in [0.1, 0.15) is 17.2 Å². The number of aryl methyl sites for hydroxylation is 2. The van der Waals surface area contributed by atoms with Crippen LogP contribution in [0.1, 0.15) is 41.9 Å². The smallest absolute Gasteiger partial charge is 0.311 e. The number of carbonyl (C=O) groups excluding carboxylic acids is 1. The second kappa shape index (κ2) is 6.35. The van der Waals surface area contributed by atoms with Crippen LogP contribution in [0.5, 0.6) is 0 Å². The third kappa shape index (κ3) is 2.60. The Morgan fingerprint density at radius 1 is 1.46 bits per heavy atom. The Bertz CT molecular complexity index is 884. The maximum atomic E-state index is 13.0. The summed E-state index contributed by atoms with van der Waals surface area (Å²) in [5.74, 6) is -1.32. The quantitative estimate of drug-likeness (QED) is 0.866. The molecule has 1 unspecified atom stereocenters. The van der Waals surface area contributed by atoms with Crippen LogP contribution >= 0.6 is 11.3 Å². The van der Waals surface area contributed by atoms with Gasteiger partial charge in [0.15, 0.2) is 0 Å². The molecule has 1 atom stereocenters. The van der Waals surface area contributed by atoms with Crippen LogP contribution in [0.4, 0.5) is 0 Å². The molecular formula is C16H19N3O4S. The molecule has 3 rings (SSSR count). The normalized spacial score (nSPS) is 16.8. The van der Waals surface area contributed by atoms with Crippen molar-refractivity contribution in [3.05, 3.63) is 26.6 Å². The zero-order valence-corrected chi connectivity index (χ0v) is 14.4. The summed E-state index contributed by atoms with van der Waals surface area (Å²) in [6.45, 7) is 1.77. The lowest BCUT2D eigenvalue weighted by atomic mass is 9.86. The summed E-state index contributed by atoms with van der Waals surface area (Å²) in [6, 6.07) is 0. The minimum Gasteiger partial charge on any atom is -0.481 e. The van der Waals surface area contributed by atoms with Crippen molar-refractivity contribution in [3.63, 3.8) is 0 Å². The highest BCUT2D eigenvalue weighted by atomic mass is 32.1. The first-order valence-electron chi connectivity index (χ1n) is 7.96. The number of hydrogen-bond donors (Lipinski definition) is 2. The van der Waals surface area contributed by atoms with Crippen molar-refractivity contribution in [1.82, 2.24) is 14.9 Å². The molecule has 24 heavy (non-hydrogen) atoms. The molecule has 7 nitrogen and oxygen atoms in total. The van der Waals surface area contributed by atoms with E-state index in [1.165, 1.54) is 23.0 Å². The summed E-state index contributed by atoms with van der Waals surface area (Å²) in [5.41, 5.74) is 0.297. The lowest BCUT2D eigenvalue weighted by Gasteiger charge is -2.19. The molecule has 8 heteroatoms. The molecule has 0 saturated heterocycles. The second-order valence-electron chi connectivity index (χ2n) is 5.85. The Labute approximate surface area is 142 Å². The van der Waals surface area contributed by atoms with Crippen LogP contribution in [0.2, 0.25) is 0 Å². The molecule has 1 amide bonds. The summed E-state index contributed by atoms with van der Waals surface area (Å²) >= 11 is 1.41. The van der Waals surface area contributed by atoms with Gasteiger partial charge in [-0.25, -0.2) is 4.98 Å². The Morgan fingerprint density at radius 3 is 2.83 bits per heavy atom. The van der Waals surface area contributed by atoms with Gasteiger partial charge in [0, 0.05) is 18.3 Å². The average molecular weight is 349 g/mol. The number of nitrogens with zero attached hydrogens (tertiary/aromatic N) is 2. The van der Waals surface area contributed by atoms with Crippen LogP contribution in [-0.2, 0) is 29.0 Å². The number of thiophene rings is 1. The van der Waals surface area contributed by atoms with Gasteiger partial charge in [-0.3, -0.25) is 19.0 Å². The van der Waals surface area contributed by atoms with E-state index in [4.69, 9.17) is 0 Å². The molecule has 0 aromatic carbocycles. The zero-order valence-electron chi connectivity index (χ0n) is 13.6. The Hall–Kier alpha value is -2.22. The van der Waals surface area contributed by atoms with Gasteiger partial charge >= 0.3 is 5.97 Å². The van der Waals surface area contributed by atoms with Gasteiger partial charge in [0.2, 0.25) is 5.91 Å². The number of carbonyl (C=O) groups is 2. The SMILES string of the molecule is CCc1nc2sc3c(c2c(=O)n1CC(=O)NC)C(C(=O)O)CCC3. The van der Waals surface area contributed by atoms with Crippen LogP contribution < -0.4 is 10.9 Å². The minimum absolute atomic E-state index is 0.107. The molecule has 0 saturated carbocycles. The molecule has 128 valence electrons. The van der Waals surface area contributed by atoms with E-state index in [2.05, 4.69) is 10.3 Å². The van der Waals surface area contributed by atoms with E-state index in [-0.39, 0.29) is 18.0 Å². The number of rotatable bonds is 4. The van der Waals surface area contributed by atoms with E-state index in [0.717, 1.165) is 17.7 Å². The third-order valence-corrected chi connectivity index (χ3v) is 5.60. The molecule has 2 heterocycles. The van der Waals surface area contributed by atoms with E-state index in [9.17, 15) is 19.5 Å². The fraction of sp³-hybridized carbons (Fsp3) is 0.500. The molecule has 0 radical (unpaired) electrons. The third-order valence-electron chi connectivity index (χ3n) is 4.44. The van der Waals surface area contributed by atoms with E-state index in [1.807, 2.05) is 6.92 Å². The number of carboxylic acid groups (broad SMARTS) is 1. The summed E-state index contributed by atoms with van der Waals surface area (Å²) in [4.78, 5) is 42.5. The van der Waals surface area contributed by atoms with Gasteiger partial charge in [0.25, 0.3) is 5.56 Å². The highest BCUT2D eigenvalue weighted by Gasteiger charge is 2.32.